The molecule has 3 unspecified atom stereocenters. The van der Waals surface area contributed by atoms with Crippen LogP contribution in [0.2, 0.25) is 0 Å². The van der Waals surface area contributed by atoms with Crippen molar-refractivity contribution in [3.05, 3.63) is 29.8 Å². The fourth-order valence-electron chi connectivity index (χ4n) is 2.73. The van der Waals surface area contributed by atoms with Gasteiger partial charge in [0.05, 0.1) is 12.6 Å². The number of nitrogens with two attached hydrogens (primary N) is 3. The van der Waals surface area contributed by atoms with Crippen LogP contribution in [0.5, 0.6) is 5.75 Å². The highest BCUT2D eigenvalue weighted by Gasteiger charge is 2.24. The van der Waals surface area contributed by atoms with Gasteiger partial charge < -0.3 is 43.4 Å². The molecule has 188 valence electrons. The first-order valence-corrected chi connectivity index (χ1v) is 11.0. The van der Waals surface area contributed by atoms with Crippen molar-refractivity contribution in [1.82, 2.24) is 16.0 Å². The molecular weight excluding hydrogens is 466 g/mol. The summed E-state index contributed by atoms with van der Waals surface area (Å²) in [6.45, 7) is -0.206. The Balaban J connectivity index is 2.52. The molecular formula is C20H31N7O6S. The van der Waals surface area contributed by atoms with E-state index < -0.39 is 48.4 Å². The number of carbonyl (C=O) groups is 4. The average Bonchev–Trinajstić information content (AvgIpc) is 2.79. The van der Waals surface area contributed by atoms with Gasteiger partial charge in [-0.05, 0) is 30.5 Å². The minimum absolute atomic E-state index is 0.0221. The Kier molecular flexibility index (Phi) is 12.2. The molecule has 0 bridgehead atoms. The van der Waals surface area contributed by atoms with Crippen LogP contribution in [-0.4, -0.2) is 76.8 Å². The van der Waals surface area contributed by atoms with Crippen molar-refractivity contribution < 1.29 is 29.4 Å². The summed E-state index contributed by atoms with van der Waals surface area (Å²) in [7, 11) is 0. The van der Waals surface area contributed by atoms with E-state index in [4.69, 9.17) is 17.2 Å². The van der Waals surface area contributed by atoms with E-state index in [1.165, 1.54) is 24.3 Å². The number of hydrogen-bond acceptors (Lipinski definition) is 8. The minimum Gasteiger partial charge on any atom is -0.508 e. The van der Waals surface area contributed by atoms with E-state index in [1.54, 1.807) is 0 Å². The van der Waals surface area contributed by atoms with Gasteiger partial charge in [-0.15, -0.1) is 0 Å². The third-order valence-corrected chi connectivity index (χ3v) is 4.92. The Morgan fingerprint density at radius 2 is 1.68 bits per heavy atom. The molecule has 0 aromatic heterocycles. The molecule has 0 fully saturated rings. The van der Waals surface area contributed by atoms with Gasteiger partial charge in [-0.25, -0.2) is 4.79 Å². The number of benzene rings is 1. The fourth-order valence-corrected chi connectivity index (χ4v) is 2.98. The second-order valence-corrected chi connectivity index (χ2v) is 7.71. The zero-order chi connectivity index (χ0) is 25.7. The van der Waals surface area contributed by atoms with E-state index in [0.717, 1.165) is 0 Å². The molecule has 0 saturated heterocycles. The van der Waals surface area contributed by atoms with Crippen LogP contribution in [0, 0.1) is 0 Å². The summed E-state index contributed by atoms with van der Waals surface area (Å²) >= 11 is 4.04. The summed E-state index contributed by atoms with van der Waals surface area (Å²) in [5.41, 5.74) is 16.8. The van der Waals surface area contributed by atoms with Crippen molar-refractivity contribution in [2.24, 2.45) is 22.2 Å². The van der Waals surface area contributed by atoms with Gasteiger partial charge in [0.15, 0.2) is 5.96 Å². The van der Waals surface area contributed by atoms with E-state index in [1.807, 2.05) is 0 Å². The van der Waals surface area contributed by atoms with Gasteiger partial charge in [0, 0.05) is 18.7 Å². The highest BCUT2D eigenvalue weighted by molar-refractivity contribution is 7.80. The van der Waals surface area contributed by atoms with Gasteiger partial charge in [-0.2, -0.15) is 12.6 Å². The Labute approximate surface area is 201 Å². The number of carboxylic acids is 1. The lowest BCUT2D eigenvalue weighted by molar-refractivity contribution is -0.141. The summed E-state index contributed by atoms with van der Waals surface area (Å²) in [5.74, 6) is -3.36. The third kappa shape index (κ3) is 10.9. The van der Waals surface area contributed by atoms with Crippen LogP contribution < -0.4 is 33.2 Å². The number of phenols is 1. The molecule has 1 aromatic rings. The number of phenolic OH excluding ortho intramolecular Hbond substituents is 1. The number of amides is 3. The van der Waals surface area contributed by atoms with Gasteiger partial charge in [-0.3, -0.25) is 19.4 Å². The van der Waals surface area contributed by atoms with E-state index in [-0.39, 0.29) is 30.3 Å². The van der Waals surface area contributed by atoms with Crippen molar-refractivity contribution >= 4 is 42.3 Å². The summed E-state index contributed by atoms with van der Waals surface area (Å²) < 4.78 is 0. The Hall–Kier alpha value is -3.52. The van der Waals surface area contributed by atoms with Crippen LogP contribution in [0.4, 0.5) is 0 Å². The molecule has 1 rings (SSSR count). The van der Waals surface area contributed by atoms with Crippen molar-refractivity contribution in [1.29, 1.82) is 0 Å². The molecule has 1 aromatic carbocycles. The fraction of sp³-hybridized carbons (Fsp3) is 0.450. The van der Waals surface area contributed by atoms with Crippen LogP contribution >= 0.6 is 12.6 Å². The highest BCUT2D eigenvalue weighted by Crippen LogP contribution is 2.11. The maximum absolute atomic E-state index is 12.3. The lowest BCUT2D eigenvalue weighted by atomic mass is 10.1. The Morgan fingerprint density at radius 3 is 2.24 bits per heavy atom. The van der Waals surface area contributed by atoms with Crippen molar-refractivity contribution in [2.45, 2.75) is 37.4 Å². The topological polar surface area (TPSA) is 235 Å². The monoisotopic (exact) mass is 497 g/mol. The number of aliphatic carboxylic acids is 1. The highest BCUT2D eigenvalue weighted by atomic mass is 32.1. The van der Waals surface area contributed by atoms with Crippen LogP contribution in [0.3, 0.4) is 0 Å². The van der Waals surface area contributed by atoms with Crippen molar-refractivity contribution in [3.63, 3.8) is 0 Å². The first kappa shape index (κ1) is 28.5. The van der Waals surface area contributed by atoms with Gasteiger partial charge in [-0.1, -0.05) is 12.1 Å². The van der Waals surface area contributed by atoms with Gasteiger partial charge in [0.2, 0.25) is 17.7 Å². The molecule has 3 atom stereocenters. The molecule has 0 spiro atoms. The predicted molar refractivity (Wildman–Crippen MR) is 128 cm³/mol. The quantitative estimate of drug-likeness (QED) is 0.0567. The summed E-state index contributed by atoms with van der Waals surface area (Å²) in [5, 5.41) is 25.8. The molecule has 0 aliphatic carbocycles. The molecule has 3 amide bonds. The van der Waals surface area contributed by atoms with Crippen LogP contribution in [0.1, 0.15) is 18.4 Å². The standard InChI is InChI=1S/C20H31N7O6S/c21-13(2-1-7-24-20(22)23)17(30)27-15(10-34)18(31)25-9-16(29)26-14(19(32)33)8-11-3-5-12(28)6-4-11/h3-6,13-15,28,34H,1-2,7-10,21H2,(H,25,31)(H,26,29)(H,27,30)(H,32,33)(H4,22,23,24). The maximum atomic E-state index is 12.3. The first-order chi connectivity index (χ1) is 16.0. The lowest BCUT2D eigenvalue weighted by Gasteiger charge is -2.19. The van der Waals surface area contributed by atoms with E-state index >= 15 is 0 Å². The minimum atomic E-state index is -1.26. The van der Waals surface area contributed by atoms with Crippen LogP contribution in [-0.2, 0) is 25.6 Å². The second-order valence-electron chi connectivity index (χ2n) is 7.35. The molecule has 13 nitrogen and oxygen atoms in total. The molecule has 0 aliphatic heterocycles. The number of rotatable bonds is 14. The zero-order valence-corrected chi connectivity index (χ0v) is 19.3. The molecule has 0 heterocycles. The van der Waals surface area contributed by atoms with Gasteiger partial charge >= 0.3 is 5.97 Å². The smallest absolute Gasteiger partial charge is 0.326 e. The zero-order valence-electron chi connectivity index (χ0n) is 18.4. The third-order valence-electron chi connectivity index (χ3n) is 4.55. The molecule has 34 heavy (non-hydrogen) atoms. The number of aliphatic imine (C=N–C) groups is 1. The SMILES string of the molecule is NC(N)=NCCCC(N)C(=O)NC(CS)C(=O)NCC(=O)NC(Cc1ccc(O)cc1)C(=O)O. The van der Waals surface area contributed by atoms with Gasteiger partial charge in [0.1, 0.15) is 17.8 Å². The van der Waals surface area contributed by atoms with Gasteiger partial charge in [0.25, 0.3) is 0 Å². The molecule has 11 N–H and O–H groups in total. The summed E-state index contributed by atoms with van der Waals surface area (Å²) in [6.07, 6.45) is 0.717. The number of thiol groups is 1. The van der Waals surface area contributed by atoms with Crippen molar-refractivity contribution in [2.75, 3.05) is 18.8 Å². The molecule has 0 aliphatic rings. The molecule has 14 heteroatoms. The number of nitrogens with zero attached hydrogens (tertiary/aromatic N) is 1. The number of carbonyl (C=O) groups excluding carboxylic acids is 3. The number of carboxylic acid groups (broad SMARTS) is 1. The van der Waals surface area contributed by atoms with E-state index in [2.05, 4.69) is 33.6 Å². The molecule has 0 saturated carbocycles. The number of nitrogens with one attached hydrogen (secondary N) is 3. The molecule has 0 radical (unpaired) electrons. The second kappa shape index (κ2) is 14.6. The first-order valence-electron chi connectivity index (χ1n) is 10.3. The number of aromatic hydroxyl groups is 1. The van der Waals surface area contributed by atoms with Crippen molar-refractivity contribution in [3.8, 4) is 5.75 Å². The van der Waals surface area contributed by atoms with E-state index in [0.29, 0.717) is 18.5 Å². The number of hydrogen-bond donors (Lipinski definition) is 9. The Morgan fingerprint density at radius 1 is 1.03 bits per heavy atom. The predicted octanol–water partition coefficient (Wildman–Crippen LogP) is -2.58. The maximum Gasteiger partial charge on any atom is 0.326 e. The van der Waals surface area contributed by atoms with E-state index in [9.17, 15) is 29.4 Å². The van der Waals surface area contributed by atoms with Crippen LogP contribution in [0.15, 0.2) is 29.3 Å². The summed E-state index contributed by atoms with van der Waals surface area (Å²) in [4.78, 5) is 52.0. The Bertz CT molecular complexity index is 877. The number of guanidine groups is 1. The summed E-state index contributed by atoms with van der Waals surface area (Å²) in [6, 6.07) is 2.67. The normalized spacial score (nSPS) is 13.1. The lowest BCUT2D eigenvalue weighted by Crippen LogP contribution is -2.54. The van der Waals surface area contributed by atoms with Crippen LogP contribution in [0.25, 0.3) is 0 Å². The largest absolute Gasteiger partial charge is 0.508 e. The average molecular weight is 498 g/mol.